The number of aromatic nitrogens is 2. The van der Waals surface area contributed by atoms with Crippen LogP contribution in [-0.2, 0) is 12.8 Å². The maximum Gasteiger partial charge on any atom is 0.266 e. The first kappa shape index (κ1) is 19.7. The van der Waals surface area contributed by atoms with Crippen molar-refractivity contribution < 1.29 is 4.79 Å². The topological polar surface area (TPSA) is 66.7 Å². The Bertz CT molecular complexity index is 1170. The maximum atomic E-state index is 13.2. The SMILES string of the molecule is C[C@H]1CCCCN1CCNC(=O)c1cccn2c(=O)c3c4c(sc3nc12)CCCC4. The number of carbonyl (C=O) groups excluding carboxylic acids is 1. The lowest BCUT2D eigenvalue weighted by Gasteiger charge is -2.33. The van der Waals surface area contributed by atoms with Crippen LogP contribution in [0.4, 0.5) is 0 Å². The van der Waals surface area contributed by atoms with E-state index < -0.39 is 0 Å². The molecule has 0 saturated carbocycles. The summed E-state index contributed by atoms with van der Waals surface area (Å²) >= 11 is 1.62. The van der Waals surface area contributed by atoms with E-state index in [0.29, 0.717) is 23.8 Å². The van der Waals surface area contributed by atoms with Gasteiger partial charge in [0, 0.05) is 30.2 Å². The second-order valence-electron chi connectivity index (χ2n) is 8.56. The number of amides is 1. The molecule has 4 heterocycles. The fourth-order valence-corrected chi connectivity index (χ4v) is 6.17. The molecule has 1 saturated heterocycles. The van der Waals surface area contributed by atoms with Crippen molar-refractivity contribution in [2.45, 2.75) is 57.9 Å². The lowest BCUT2D eigenvalue weighted by atomic mass is 9.97. The van der Waals surface area contributed by atoms with Crippen LogP contribution in [0.2, 0.25) is 0 Å². The number of thiophene rings is 1. The third-order valence-electron chi connectivity index (χ3n) is 6.63. The van der Waals surface area contributed by atoms with Crippen molar-refractivity contribution >= 4 is 33.1 Å². The minimum atomic E-state index is -0.162. The van der Waals surface area contributed by atoms with Crippen molar-refractivity contribution in [2.75, 3.05) is 19.6 Å². The van der Waals surface area contributed by atoms with Crippen molar-refractivity contribution in [1.82, 2.24) is 19.6 Å². The summed E-state index contributed by atoms with van der Waals surface area (Å²) in [6.07, 6.45) is 9.75. The number of aryl methyl sites for hydroxylation is 2. The Balaban J connectivity index is 1.43. The fourth-order valence-electron chi connectivity index (χ4n) is 4.92. The lowest BCUT2D eigenvalue weighted by molar-refractivity contribution is 0.0939. The first-order chi connectivity index (χ1) is 14.6. The van der Waals surface area contributed by atoms with Crippen LogP contribution in [0.1, 0.15) is 59.8 Å². The van der Waals surface area contributed by atoms with E-state index in [2.05, 4.69) is 17.1 Å². The summed E-state index contributed by atoms with van der Waals surface area (Å²) in [6.45, 7) is 4.81. The number of fused-ring (bicyclic) bond motifs is 4. The van der Waals surface area contributed by atoms with Crippen LogP contribution in [0.15, 0.2) is 23.1 Å². The van der Waals surface area contributed by atoms with E-state index in [1.807, 2.05) is 0 Å². The summed E-state index contributed by atoms with van der Waals surface area (Å²) in [7, 11) is 0. The molecular weight excluding hydrogens is 396 g/mol. The molecule has 1 fully saturated rings. The second-order valence-corrected chi connectivity index (χ2v) is 9.64. The molecule has 1 N–H and O–H groups in total. The number of pyridine rings is 1. The molecule has 1 atom stereocenters. The Morgan fingerprint density at radius 3 is 3.00 bits per heavy atom. The summed E-state index contributed by atoms with van der Waals surface area (Å²) in [5.41, 5.74) is 2.05. The first-order valence-electron chi connectivity index (χ1n) is 11.1. The van der Waals surface area contributed by atoms with E-state index in [1.54, 1.807) is 34.1 Å². The van der Waals surface area contributed by atoms with Crippen LogP contribution in [-0.4, -0.2) is 45.9 Å². The van der Waals surface area contributed by atoms with Crippen LogP contribution < -0.4 is 10.9 Å². The summed E-state index contributed by atoms with van der Waals surface area (Å²) < 4.78 is 1.55. The Morgan fingerprint density at radius 2 is 2.13 bits per heavy atom. The van der Waals surface area contributed by atoms with Crippen molar-refractivity contribution in [3.8, 4) is 0 Å². The van der Waals surface area contributed by atoms with Crippen molar-refractivity contribution in [1.29, 1.82) is 0 Å². The minimum Gasteiger partial charge on any atom is -0.351 e. The number of carbonyl (C=O) groups is 1. The molecule has 1 aliphatic heterocycles. The van der Waals surface area contributed by atoms with Gasteiger partial charge in [-0.1, -0.05) is 6.42 Å². The molecule has 158 valence electrons. The van der Waals surface area contributed by atoms with Gasteiger partial charge in [-0.25, -0.2) is 4.98 Å². The van der Waals surface area contributed by atoms with Crippen LogP contribution in [0, 0.1) is 0 Å². The molecule has 0 radical (unpaired) electrons. The quantitative estimate of drug-likeness (QED) is 0.697. The van der Waals surface area contributed by atoms with Gasteiger partial charge >= 0.3 is 0 Å². The Kier molecular flexibility index (Phi) is 5.33. The van der Waals surface area contributed by atoms with Gasteiger partial charge in [0.15, 0.2) is 5.65 Å². The van der Waals surface area contributed by atoms with Gasteiger partial charge < -0.3 is 5.32 Å². The van der Waals surface area contributed by atoms with Gasteiger partial charge in [0.1, 0.15) is 4.83 Å². The van der Waals surface area contributed by atoms with Gasteiger partial charge in [0.05, 0.1) is 10.9 Å². The van der Waals surface area contributed by atoms with E-state index in [9.17, 15) is 9.59 Å². The lowest BCUT2D eigenvalue weighted by Crippen LogP contribution is -2.42. The van der Waals surface area contributed by atoms with Gasteiger partial charge in [-0.05, 0) is 69.7 Å². The minimum absolute atomic E-state index is 0.0498. The van der Waals surface area contributed by atoms with Gasteiger partial charge in [-0.3, -0.25) is 18.9 Å². The highest BCUT2D eigenvalue weighted by atomic mass is 32.1. The number of nitrogens with zero attached hydrogens (tertiary/aromatic N) is 3. The van der Waals surface area contributed by atoms with Crippen LogP contribution in [0.5, 0.6) is 0 Å². The molecule has 5 rings (SSSR count). The van der Waals surface area contributed by atoms with Crippen molar-refractivity contribution in [2.24, 2.45) is 0 Å². The molecule has 3 aromatic heterocycles. The molecule has 2 aliphatic rings. The summed E-state index contributed by atoms with van der Waals surface area (Å²) in [5.74, 6) is -0.162. The van der Waals surface area contributed by atoms with Crippen molar-refractivity contribution in [3.63, 3.8) is 0 Å². The second kappa shape index (κ2) is 8.12. The maximum absolute atomic E-state index is 13.2. The smallest absolute Gasteiger partial charge is 0.266 e. The zero-order valence-electron chi connectivity index (χ0n) is 17.4. The standard InChI is InChI=1S/C23H28N4O2S/c1-15-7-4-5-12-26(15)14-11-24-21(28)17-9-6-13-27-20(17)25-22-19(23(27)29)16-8-2-3-10-18(16)30-22/h6,9,13,15H,2-5,7-8,10-12,14H2,1H3,(H,24,28)/t15-/m0/s1. The molecule has 3 aromatic rings. The molecule has 1 amide bonds. The zero-order chi connectivity index (χ0) is 20.7. The average molecular weight is 425 g/mol. The third kappa shape index (κ3) is 3.44. The molecule has 6 nitrogen and oxygen atoms in total. The number of hydrogen-bond donors (Lipinski definition) is 1. The zero-order valence-corrected chi connectivity index (χ0v) is 18.3. The number of rotatable bonds is 4. The fraction of sp³-hybridized carbons (Fsp3) is 0.522. The number of nitrogens with one attached hydrogen (secondary N) is 1. The molecule has 0 aromatic carbocycles. The highest BCUT2D eigenvalue weighted by Crippen LogP contribution is 2.34. The van der Waals surface area contributed by atoms with Gasteiger partial charge in [0.2, 0.25) is 0 Å². The van der Waals surface area contributed by atoms with Crippen LogP contribution in [0.25, 0.3) is 15.9 Å². The van der Waals surface area contributed by atoms with Crippen LogP contribution >= 0.6 is 11.3 Å². The highest BCUT2D eigenvalue weighted by Gasteiger charge is 2.22. The summed E-state index contributed by atoms with van der Waals surface area (Å²) in [6, 6.07) is 4.11. The Labute approximate surface area is 179 Å². The van der Waals surface area contributed by atoms with E-state index in [4.69, 9.17) is 4.98 Å². The predicted octanol–water partition coefficient (Wildman–Crippen LogP) is 3.39. The Morgan fingerprint density at radius 1 is 1.27 bits per heavy atom. The van der Waals surface area contributed by atoms with Gasteiger partial charge in [0.25, 0.3) is 11.5 Å². The Hall–Kier alpha value is -2.25. The normalized spacial score (nSPS) is 19.8. The number of hydrogen-bond acceptors (Lipinski definition) is 5. The molecule has 1 aliphatic carbocycles. The monoisotopic (exact) mass is 424 g/mol. The first-order valence-corrected chi connectivity index (χ1v) is 11.9. The molecular formula is C23H28N4O2S. The largest absolute Gasteiger partial charge is 0.351 e. The summed E-state index contributed by atoms with van der Waals surface area (Å²) in [5, 5.41) is 3.80. The third-order valence-corrected chi connectivity index (χ3v) is 7.82. The molecule has 0 spiro atoms. The number of likely N-dealkylation sites (tertiary alicyclic amines) is 1. The molecule has 0 unspecified atom stereocenters. The molecule has 7 heteroatoms. The summed E-state index contributed by atoms with van der Waals surface area (Å²) in [4.78, 5) is 35.5. The number of piperidine rings is 1. The average Bonchev–Trinajstić information content (AvgIpc) is 3.13. The van der Waals surface area contributed by atoms with Crippen LogP contribution in [0.3, 0.4) is 0 Å². The van der Waals surface area contributed by atoms with Gasteiger partial charge in [-0.15, -0.1) is 11.3 Å². The van der Waals surface area contributed by atoms with E-state index in [1.165, 1.54) is 36.1 Å². The van der Waals surface area contributed by atoms with E-state index in [-0.39, 0.29) is 11.5 Å². The predicted molar refractivity (Wildman–Crippen MR) is 121 cm³/mol. The highest BCUT2D eigenvalue weighted by molar-refractivity contribution is 7.18. The molecule has 30 heavy (non-hydrogen) atoms. The van der Waals surface area contributed by atoms with E-state index >= 15 is 0 Å². The van der Waals surface area contributed by atoms with Gasteiger partial charge in [-0.2, -0.15) is 0 Å². The van der Waals surface area contributed by atoms with Crippen molar-refractivity contribution in [3.05, 3.63) is 44.7 Å². The van der Waals surface area contributed by atoms with E-state index in [0.717, 1.165) is 42.6 Å². The molecule has 0 bridgehead atoms.